The van der Waals surface area contributed by atoms with Gasteiger partial charge in [0.2, 0.25) is 0 Å². The molecule has 144 valence electrons. The number of benzene rings is 1. The molecule has 0 radical (unpaired) electrons. The highest BCUT2D eigenvalue weighted by Gasteiger charge is 2.33. The van der Waals surface area contributed by atoms with Crippen LogP contribution in [0.25, 0.3) is 17.4 Å². The van der Waals surface area contributed by atoms with Gasteiger partial charge in [0.05, 0.1) is 17.1 Å². The Morgan fingerprint density at radius 1 is 1.25 bits per heavy atom. The number of carboxylic acid groups (broad SMARTS) is 1. The summed E-state index contributed by atoms with van der Waals surface area (Å²) in [4.78, 5) is 36.2. The summed E-state index contributed by atoms with van der Waals surface area (Å²) in [7, 11) is 0. The zero-order chi connectivity index (χ0) is 20.3. The van der Waals surface area contributed by atoms with Gasteiger partial charge in [-0.3, -0.25) is 14.5 Å². The van der Waals surface area contributed by atoms with E-state index >= 15 is 0 Å². The monoisotopic (exact) mass is 417 g/mol. The van der Waals surface area contributed by atoms with E-state index in [9.17, 15) is 14.4 Å². The van der Waals surface area contributed by atoms with Gasteiger partial charge in [-0.1, -0.05) is 36.1 Å². The van der Waals surface area contributed by atoms with E-state index in [1.807, 2.05) is 0 Å². The number of carboxylic acids is 1. The van der Waals surface area contributed by atoms with Crippen LogP contribution >= 0.6 is 24.0 Å². The molecular weight excluding hydrogens is 402 g/mol. The van der Waals surface area contributed by atoms with Gasteiger partial charge in [-0.25, -0.2) is 4.79 Å². The Hall–Kier alpha value is -2.91. The Bertz CT molecular complexity index is 977. The molecular formula is C19H15NO6S2. The van der Waals surface area contributed by atoms with Crippen LogP contribution in [0.3, 0.4) is 0 Å². The molecule has 0 unspecified atom stereocenters. The van der Waals surface area contributed by atoms with E-state index in [0.29, 0.717) is 28.6 Å². The van der Waals surface area contributed by atoms with Gasteiger partial charge in [0.15, 0.2) is 0 Å². The van der Waals surface area contributed by atoms with Crippen LogP contribution in [0.5, 0.6) is 0 Å². The number of nitrogens with zero attached hydrogens (tertiary/aromatic N) is 1. The van der Waals surface area contributed by atoms with Gasteiger partial charge in [0.25, 0.3) is 5.91 Å². The van der Waals surface area contributed by atoms with Crippen LogP contribution in [0.4, 0.5) is 0 Å². The summed E-state index contributed by atoms with van der Waals surface area (Å²) in [5, 5.41) is 8.87. The number of esters is 1. The molecule has 1 saturated heterocycles. The summed E-state index contributed by atoms with van der Waals surface area (Å²) in [5.41, 5.74) is 1.20. The highest BCUT2D eigenvalue weighted by molar-refractivity contribution is 8.26. The minimum atomic E-state index is -1.14. The molecule has 1 aromatic heterocycles. The number of ether oxygens (including phenoxy) is 1. The summed E-state index contributed by atoms with van der Waals surface area (Å²) in [6.45, 7) is 1.57. The van der Waals surface area contributed by atoms with Crippen molar-refractivity contribution in [1.29, 1.82) is 0 Å². The van der Waals surface area contributed by atoms with Crippen LogP contribution in [0.1, 0.15) is 23.0 Å². The molecule has 0 aliphatic carbocycles. The third kappa shape index (κ3) is 4.32. The predicted octanol–water partition coefficient (Wildman–Crippen LogP) is 3.41. The average molecular weight is 417 g/mol. The fourth-order valence-electron chi connectivity index (χ4n) is 2.47. The van der Waals surface area contributed by atoms with Gasteiger partial charge in [0.1, 0.15) is 22.4 Å². The van der Waals surface area contributed by atoms with Crippen molar-refractivity contribution in [2.75, 3.05) is 13.2 Å². The van der Waals surface area contributed by atoms with E-state index in [1.165, 1.54) is 6.08 Å². The molecule has 9 heteroatoms. The maximum absolute atomic E-state index is 12.3. The highest BCUT2D eigenvalue weighted by atomic mass is 32.2. The summed E-state index contributed by atoms with van der Waals surface area (Å²) in [5.74, 6) is -1.00. The van der Waals surface area contributed by atoms with E-state index in [2.05, 4.69) is 0 Å². The molecule has 1 aromatic carbocycles. The Balaban J connectivity index is 1.76. The molecule has 7 nitrogen and oxygen atoms in total. The maximum atomic E-state index is 12.3. The zero-order valence-electron chi connectivity index (χ0n) is 14.7. The van der Waals surface area contributed by atoms with Gasteiger partial charge in [0, 0.05) is 11.6 Å². The number of hydrogen-bond acceptors (Lipinski definition) is 7. The fraction of sp³-hybridized carbons (Fsp3) is 0.158. The number of thiocarbonyl (C=S) groups is 1. The summed E-state index contributed by atoms with van der Waals surface area (Å²) < 4.78 is 10.9. The average Bonchev–Trinajstić information content (AvgIpc) is 3.22. The number of rotatable bonds is 6. The van der Waals surface area contributed by atoms with Crippen LogP contribution in [-0.4, -0.2) is 45.3 Å². The molecule has 0 spiro atoms. The molecule has 1 aliphatic rings. The van der Waals surface area contributed by atoms with Crippen molar-refractivity contribution in [3.63, 3.8) is 0 Å². The third-order valence-electron chi connectivity index (χ3n) is 3.75. The fourth-order valence-corrected chi connectivity index (χ4v) is 3.71. The van der Waals surface area contributed by atoms with E-state index in [4.69, 9.17) is 26.5 Å². The molecule has 1 aliphatic heterocycles. The van der Waals surface area contributed by atoms with Crippen molar-refractivity contribution >= 4 is 52.2 Å². The Labute approximate surface area is 170 Å². The van der Waals surface area contributed by atoms with Crippen molar-refractivity contribution in [2.45, 2.75) is 6.92 Å². The van der Waals surface area contributed by atoms with E-state index in [1.54, 1.807) is 43.3 Å². The summed E-state index contributed by atoms with van der Waals surface area (Å²) >= 11 is 6.09. The van der Waals surface area contributed by atoms with Gasteiger partial charge in [-0.2, -0.15) is 0 Å². The summed E-state index contributed by atoms with van der Waals surface area (Å²) in [6.07, 6.45) is 1.53. The van der Waals surface area contributed by atoms with E-state index < -0.39 is 24.4 Å². The van der Waals surface area contributed by atoms with Crippen molar-refractivity contribution in [3.8, 4) is 11.3 Å². The standard InChI is InChI=1S/C19H15NO6S2/c1-2-25-18(24)12-5-3-11(4-6-12)14-8-7-13(26-14)9-15-17(23)20(10-16(21)22)19(27)28-15/h3-9H,2,10H2,1H3,(H,21,22)/b15-9+. The second-order valence-corrected chi connectivity index (χ2v) is 7.34. The third-order valence-corrected chi connectivity index (χ3v) is 5.13. The van der Waals surface area contributed by atoms with Crippen LogP contribution < -0.4 is 0 Å². The zero-order valence-corrected chi connectivity index (χ0v) is 16.3. The molecule has 2 heterocycles. The number of furan rings is 1. The number of carbonyl (C=O) groups is 3. The Morgan fingerprint density at radius 2 is 1.96 bits per heavy atom. The van der Waals surface area contributed by atoms with Crippen LogP contribution in [0, 0.1) is 0 Å². The number of thioether (sulfide) groups is 1. The molecule has 1 amide bonds. The lowest BCUT2D eigenvalue weighted by Gasteiger charge is -2.09. The first-order chi connectivity index (χ1) is 13.4. The number of carbonyl (C=O) groups excluding carboxylic acids is 2. The molecule has 3 rings (SSSR count). The number of amides is 1. The van der Waals surface area contributed by atoms with Crippen molar-refractivity contribution in [2.24, 2.45) is 0 Å². The normalized spacial score (nSPS) is 15.3. The molecule has 28 heavy (non-hydrogen) atoms. The highest BCUT2D eigenvalue weighted by Crippen LogP contribution is 2.33. The molecule has 0 atom stereocenters. The van der Waals surface area contributed by atoms with Crippen LogP contribution in [-0.2, 0) is 14.3 Å². The second kappa shape index (κ2) is 8.41. The predicted molar refractivity (Wildman–Crippen MR) is 108 cm³/mol. The number of hydrogen-bond donors (Lipinski definition) is 1. The van der Waals surface area contributed by atoms with Crippen molar-refractivity contribution < 1.29 is 28.6 Å². The Kier molecular flexibility index (Phi) is 5.96. The maximum Gasteiger partial charge on any atom is 0.338 e. The minimum Gasteiger partial charge on any atom is -0.480 e. The van der Waals surface area contributed by atoms with Gasteiger partial charge >= 0.3 is 11.9 Å². The smallest absolute Gasteiger partial charge is 0.338 e. The molecule has 0 saturated carbocycles. The van der Waals surface area contributed by atoms with E-state index in [0.717, 1.165) is 22.2 Å². The topological polar surface area (TPSA) is 97.0 Å². The van der Waals surface area contributed by atoms with Crippen LogP contribution in [0.2, 0.25) is 0 Å². The first-order valence-electron chi connectivity index (χ1n) is 8.23. The van der Waals surface area contributed by atoms with Crippen molar-refractivity contribution in [1.82, 2.24) is 4.90 Å². The SMILES string of the molecule is CCOC(=O)c1ccc(-c2ccc(/C=C3/SC(=S)N(CC(=O)O)C3=O)o2)cc1. The second-order valence-electron chi connectivity index (χ2n) is 5.66. The largest absolute Gasteiger partial charge is 0.480 e. The van der Waals surface area contributed by atoms with Gasteiger partial charge in [-0.05, 0) is 31.2 Å². The number of aliphatic carboxylic acids is 1. The minimum absolute atomic E-state index is 0.194. The lowest BCUT2D eigenvalue weighted by atomic mass is 10.1. The molecule has 0 bridgehead atoms. The summed E-state index contributed by atoms with van der Waals surface area (Å²) in [6, 6.07) is 10.2. The lowest BCUT2D eigenvalue weighted by molar-refractivity contribution is -0.140. The molecule has 2 aromatic rings. The van der Waals surface area contributed by atoms with Gasteiger partial charge in [-0.15, -0.1) is 0 Å². The van der Waals surface area contributed by atoms with Crippen molar-refractivity contribution in [3.05, 3.63) is 52.6 Å². The van der Waals surface area contributed by atoms with E-state index in [-0.39, 0.29) is 4.32 Å². The van der Waals surface area contributed by atoms with Crippen LogP contribution in [0.15, 0.2) is 45.7 Å². The van der Waals surface area contributed by atoms with Gasteiger partial charge < -0.3 is 14.3 Å². The molecule has 1 fully saturated rings. The lowest BCUT2D eigenvalue weighted by Crippen LogP contribution is -2.33. The first kappa shape index (κ1) is 19.8. The quantitative estimate of drug-likeness (QED) is 0.434. The first-order valence-corrected chi connectivity index (χ1v) is 9.46. The molecule has 1 N–H and O–H groups in total. The Morgan fingerprint density at radius 3 is 2.61 bits per heavy atom.